The van der Waals surface area contributed by atoms with E-state index in [1.165, 1.54) is 0 Å². The predicted molar refractivity (Wildman–Crippen MR) is 77.8 cm³/mol. The van der Waals surface area contributed by atoms with Crippen molar-refractivity contribution in [2.75, 3.05) is 24.6 Å². The van der Waals surface area contributed by atoms with Gasteiger partial charge in [-0.15, -0.1) is 0 Å². The van der Waals surface area contributed by atoms with E-state index in [1.807, 2.05) is 0 Å². The molecule has 1 aromatic carbocycles. The molecule has 3 nitrogen and oxygen atoms in total. The largest absolute Gasteiger partial charge is 0.396 e. The van der Waals surface area contributed by atoms with Crippen LogP contribution in [0.4, 0.5) is 14.5 Å². The van der Waals surface area contributed by atoms with Gasteiger partial charge in [-0.05, 0) is 12.5 Å². The SMILES string of the molecule is CC1(C)CCN(C(=O)c2cc(N)c(F)cc2F)CCS1. The molecular formula is C14H18F2N2OS. The zero-order valence-electron chi connectivity index (χ0n) is 11.6. The maximum Gasteiger partial charge on any atom is 0.256 e. The number of nitrogens with two attached hydrogens (primary N) is 1. The Morgan fingerprint density at radius 1 is 1.30 bits per heavy atom. The molecule has 0 aromatic heterocycles. The Labute approximate surface area is 121 Å². The van der Waals surface area contributed by atoms with E-state index in [0.717, 1.165) is 18.2 Å². The molecule has 0 bridgehead atoms. The smallest absolute Gasteiger partial charge is 0.256 e. The lowest BCUT2D eigenvalue weighted by Gasteiger charge is -2.23. The number of benzene rings is 1. The minimum absolute atomic E-state index is 0.107. The van der Waals surface area contributed by atoms with E-state index in [-0.39, 0.29) is 16.0 Å². The van der Waals surface area contributed by atoms with Crippen molar-refractivity contribution in [3.63, 3.8) is 0 Å². The van der Waals surface area contributed by atoms with Crippen LogP contribution in [-0.4, -0.2) is 34.4 Å². The van der Waals surface area contributed by atoms with Crippen molar-refractivity contribution >= 4 is 23.4 Å². The maximum atomic E-state index is 13.7. The summed E-state index contributed by atoms with van der Waals surface area (Å²) in [5, 5.41) is 0. The second-order valence-corrected chi connectivity index (χ2v) is 7.31. The first-order valence-electron chi connectivity index (χ1n) is 6.48. The van der Waals surface area contributed by atoms with Crippen molar-refractivity contribution < 1.29 is 13.6 Å². The van der Waals surface area contributed by atoms with Crippen LogP contribution in [0.25, 0.3) is 0 Å². The van der Waals surface area contributed by atoms with Gasteiger partial charge in [0.05, 0.1) is 11.3 Å². The number of nitrogen functional groups attached to an aromatic ring is 1. The zero-order valence-corrected chi connectivity index (χ0v) is 12.4. The topological polar surface area (TPSA) is 46.3 Å². The number of carbonyl (C=O) groups excluding carboxylic acids is 1. The first-order chi connectivity index (χ1) is 9.30. The molecule has 0 unspecified atom stereocenters. The molecule has 110 valence electrons. The van der Waals surface area contributed by atoms with Crippen LogP contribution < -0.4 is 5.73 Å². The first kappa shape index (κ1) is 15.1. The highest BCUT2D eigenvalue weighted by atomic mass is 32.2. The van der Waals surface area contributed by atoms with E-state index < -0.39 is 17.5 Å². The summed E-state index contributed by atoms with van der Waals surface area (Å²) in [4.78, 5) is 14.0. The van der Waals surface area contributed by atoms with Gasteiger partial charge in [-0.3, -0.25) is 4.79 Å². The second-order valence-electron chi connectivity index (χ2n) is 5.50. The standard InChI is InChI=1S/C14H18F2N2OS/c1-14(2)3-4-18(5-6-20-14)13(19)9-7-12(17)11(16)8-10(9)15/h7-8H,3-6,17H2,1-2H3. The highest BCUT2D eigenvalue weighted by Gasteiger charge is 2.27. The van der Waals surface area contributed by atoms with Crippen LogP contribution in [0.1, 0.15) is 30.6 Å². The number of thioether (sulfide) groups is 1. The summed E-state index contributed by atoms with van der Waals surface area (Å²) < 4.78 is 27.0. The normalized spacial score (nSPS) is 18.7. The van der Waals surface area contributed by atoms with E-state index in [2.05, 4.69) is 13.8 Å². The van der Waals surface area contributed by atoms with Crippen molar-refractivity contribution in [1.29, 1.82) is 0 Å². The van der Waals surface area contributed by atoms with Crippen LogP contribution in [0.15, 0.2) is 12.1 Å². The number of halogens is 2. The molecule has 2 rings (SSSR count). The van der Waals surface area contributed by atoms with E-state index in [9.17, 15) is 13.6 Å². The molecule has 6 heteroatoms. The predicted octanol–water partition coefficient (Wildman–Crippen LogP) is 2.90. The third-order valence-electron chi connectivity index (χ3n) is 3.44. The Hall–Kier alpha value is -1.30. The van der Waals surface area contributed by atoms with Crippen LogP contribution >= 0.6 is 11.8 Å². The molecule has 2 N–H and O–H groups in total. The molecule has 1 heterocycles. The van der Waals surface area contributed by atoms with Gasteiger partial charge in [0.15, 0.2) is 0 Å². The number of rotatable bonds is 1. The fraction of sp³-hybridized carbons (Fsp3) is 0.500. The Kier molecular flexibility index (Phi) is 4.22. The lowest BCUT2D eigenvalue weighted by atomic mass is 10.1. The lowest BCUT2D eigenvalue weighted by Crippen LogP contribution is -2.34. The summed E-state index contributed by atoms with van der Waals surface area (Å²) in [7, 11) is 0. The van der Waals surface area contributed by atoms with E-state index >= 15 is 0 Å². The number of carbonyl (C=O) groups is 1. The minimum atomic E-state index is -0.863. The van der Waals surface area contributed by atoms with Gasteiger partial charge in [0.1, 0.15) is 11.6 Å². The monoisotopic (exact) mass is 300 g/mol. The van der Waals surface area contributed by atoms with Crippen LogP contribution in [0.3, 0.4) is 0 Å². The van der Waals surface area contributed by atoms with Crippen molar-refractivity contribution in [1.82, 2.24) is 4.90 Å². The number of hydrogen-bond donors (Lipinski definition) is 1. The van der Waals surface area contributed by atoms with Gasteiger partial charge in [-0.25, -0.2) is 8.78 Å². The van der Waals surface area contributed by atoms with Gasteiger partial charge in [0.25, 0.3) is 5.91 Å². The van der Waals surface area contributed by atoms with Gasteiger partial charge < -0.3 is 10.6 Å². The molecule has 1 amide bonds. The van der Waals surface area contributed by atoms with Crippen molar-refractivity contribution in [2.45, 2.75) is 25.0 Å². The Morgan fingerprint density at radius 3 is 2.70 bits per heavy atom. The van der Waals surface area contributed by atoms with Crippen molar-refractivity contribution in [3.8, 4) is 0 Å². The van der Waals surface area contributed by atoms with E-state index in [4.69, 9.17) is 5.73 Å². The van der Waals surface area contributed by atoms with Crippen LogP contribution in [0.5, 0.6) is 0 Å². The number of anilines is 1. The average molecular weight is 300 g/mol. The highest BCUT2D eigenvalue weighted by molar-refractivity contribution is 8.00. The van der Waals surface area contributed by atoms with Crippen molar-refractivity contribution in [2.24, 2.45) is 0 Å². The van der Waals surface area contributed by atoms with Gasteiger partial charge in [-0.1, -0.05) is 13.8 Å². The Bertz CT molecular complexity index is 534. The summed E-state index contributed by atoms with van der Waals surface area (Å²) in [6, 6.07) is 1.75. The molecule has 1 aliphatic rings. The zero-order chi connectivity index (χ0) is 14.9. The molecular weight excluding hydrogens is 282 g/mol. The molecule has 0 spiro atoms. The van der Waals surface area contributed by atoms with Gasteiger partial charge in [-0.2, -0.15) is 11.8 Å². The third-order valence-corrected chi connectivity index (χ3v) is 4.81. The fourth-order valence-corrected chi connectivity index (χ4v) is 3.22. The molecule has 0 atom stereocenters. The Balaban J connectivity index is 2.21. The quantitative estimate of drug-likeness (QED) is 0.811. The maximum absolute atomic E-state index is 13.7. The summed E-state index contributed by atoms with van der Waals surface area (Å²) >= 11 is 1.80. The van der Waals surface area contributed by atoms with Crippen molar-refractivity contribution in [3.05, 3.63) is 29.3 Å². The summed E-state index contributed by atoms with van der Waals surface area (Å²) in [6.45, 7) is 5.38. The molecule has 0 aliphatic carbocycles. The summed E-state index contributed by atoms with van der Waals surface area (Å²) in [5.74, 6) is -1.33. The lowest BCUT2D eigenvalue weighted by molar-refractivity contribution is 0.0760. The molecule has 0 radical (unpaired) electrons. The van der Waals surface area contributed by atoms with Gasteiger partial charge in [0, 0.05) is 29.7 Å². The molecule has 1 aliphatic heterocycles. The second kappa shape index (κ2) is 5.60. The molecule has 1 aromatic rings. The summed E-state index contributed by atoms with van der Waals surface area (Å²) in [5.41, 5.74) is 5.05. The first-order valence-corrected chi connectivity index (χ1v) is 7.46. The van der Waals surface area contributed by atoms with Crippen LogP contribution in [0.2, 0.25) is 0 Å². The third kappa shape index (κ3) is 3.23. The number of amides is 1. The highest BCUT2D eigenvalue weighted by Crippen LogP contribution is 2.31. The van der Waals surface area contributed by atoms with E-state index in [1.54, 1.807) is 16.7 Å². The van der Waals surface area contributed by atoms with E-state index in [0.29, 0.717) is 19.2 Å². The fourth-order valence-electron chi connectivity index (χ4n) is 2.12. The Morgan fingerprint density at radius 2 is 2.00 bits per heavy atom. The minimum Gasteiger partial charge on any atom is -0.396 e. The average Bonchev–Trinajstić information content (AvgIpc) is 2.54. The number of hydrogen-bond acceptors (Lipinski definition) is 3. The summed E-state index contributed by atoms with van der Waals surface area (Å²) in [6.07, 6.45) is 0.835. The van der Waals surface area contributed by atoms with Gasteiger partial charge in [0.2, 0.25) is 0 Å². The van der Waals surface area contributed by atoms with Gasteiger partial charge >= 0.3 is 0 Å². The molecule has 1 fully saturated rings. The van der Waals surface area contributed by atoms with Crippen LogP contribution in [0, 0.1) is 11.6 Å². The van der Waals surface area contributed by atoms with Crippen LogP contribution in [-0.2, 0) is 0 Å². The molecule has 0 saturated carbocycles. The number of nitrogens with zero attached hydrogens (tertiary/aromatic N) is 1. The molecule has 1 saturated heterocycles. The molecule has 20 heavy (non-hydrogen) atoms.